The molecular weight excluding hydrogens is 464 g/mol. The van der Waals surface area contributed by atoms with Gasteiger partial charge in [-0.15, -0.1) is 0 Å². The third-order valence-corrected chi connectivity index (χ3v) is 6.68. The van der Waals surface area contributed by atoms with Gasteiger partial charge in [-0.05, 0) is 57.0 Å². The molecular formula is C27H28N2O5S. The lowest BCUT2D eigenvalue weighted by atomic mass is 9.95. The zero-order valence-corrected chi connectivity index (χ0v) is 21.3. The van der Waals surface area contributed by atoms with Gasteiger partial charge in [-0.2, -0.15) is 0 Å². The van der Waals surface area contributed by atoms with Crippen LogP contribution in [0.1, 0.15) is 43.5 Å². The number of methoxy groups -OCH3 is 1. The van der Waals surface area contributed by atoms with Crippen molar-refractivity contribution < 1.29 is 19.0 Å². The largest absolute Gasteiger partial charge is 0.493 e. The van der Waals surface area contributed by atoms with Crippen LogP contribution >= 0.6 is 11.3 Å². The minimum atomic E-state index is -0.622. The molecule has 2 aromatic carbocycles. The van der Waals surface area contributed by atoms with Crippen LogP contribution in [0, 0.1) is 6.92 Å². The zero-order chi connectivity index (χ0) is 25.1. The summed E-state index contributed by atoms with van der Waals surface area (Å²) in [6.45, 7) is 8.17. The Morgan fingerprint density at radius 1 is 1.09 bits per heavy atom. The Morgan fingerprint density at radius 2 is 1.83 bits per heavy atom. The molecule has 0 fully saturated rings. The van der Waals surface area contributed by atoms with Gasteiger partial charge in [0.25, 0.3) is 5.56 Å². The first-order valence-corrected chi connectivity index (χ1v) is 12.3. The van der Waals surface area contributed by atoms with Crippen LogP contribution < -0.4 is 24.4 Å². The Balaban J connectivity index is 1.91. The second kappa shape index (κ2) is 10.3. The maximum Gasteiger partial charge on any atom is 0.338 e. The molecule has 7 nitrogen and oxygen atoms in total. The van der Waals surface area contributed by atoms with E-state index in [0.29, 0.717) is 38.7 Å². The van der Waals surface area contributed by atoms with E-state index >= 15 is 0 Å². The summed E-state index contributed by atoms with van der Waals surface area (Å²) in [6, 6.07) is 12.7. The number of nitrogens with zero attached hydrogens (tertiary/aromatic N) is 2. The highest BCUT2D eigenvalue weighted by atomic mass is 32.1. The summed E-state index contributed by atoms with van der Waals surface area (Å²) in [5.41, 5.74) is 3.41. The van der Waals surface area contributed by atoms with Crippen LogP contribution in [0.2, 0.25) is 0 Å². The molecule has 182 valence electrons. The second-order valence-electron chi connectivity index (χ2n) is 8.06. The maximum atomic E-state index is 13.7. The fraction of sp³-hybridized carbons (Fsp3) is 0.296. The summed E-state index contributed by atoms with van der Waals surface area (Å²) >= 11 is 1.29. The molecule has 0 N–H and O–H groups in total. The van der Waals surface area contributed by atoms with Crippen LogP contribution in [0.25, 0.3) is 6.08 Å². The molecule has 35 heavy (non-hydrogen) atoms. The molecule has 1 aliphatic rings. The fourth-order valence-electron chi connectivity index (χ4n) is 4.06. The molecule has 4 rings (SSSR count). The van der Waals surface area contributed by atoms with Gasteiger partial charge in [-0.3, -0.25) is 9.36 Å². The Bertz CT molecular complexity index is 1460. The van der Waals surface area contributed by atoms with Crippen molar-refractivity contribution in [2.75, 3.05) is 20.3 Å². The van der Waals surface area contributed by atoms with E-state index < -0.39 is 12.0 Å². The van der Waals surface area contributed by atoms with E-state index in [2.05, 4.69) is 4.99 Å². The van der Waals surface area contributed by atoms with Gasteiger partial charge < -0.3 is 14.2 Å². The molecule has 1 atom stereocenters. The molecule has 0 amide bonds. The Kier molecular flexibility index (Phi) is 7.21. The first-order valence-electron chi connectivity index (χ1n) is 11.4. The third kappa shape index (κ3) is 4.79. The van der Waals surface area contributed by atoms with Crippen molar-refractivity contribution >= 4 is 23.4 Å². The minimum Gasteiger partial charge on any atom is -0.493 e. The summed E-state index contributed by atoms with van der Waals surface area (Å²) in [5.74, 6) is 0.763. The first kappa shape index (κ1) is 24.5. The number of rotatable bonds is 7. The number of allylic oxidation sites excluding steroid dienone is 1. The Hall–Kier alpha value is -3.65. The number of benzene rings is 2. The van der Waals surface area contributed by atoms with Crippen LogP contribution in [0.5, 0.6) is 11.5 Å². The maximum absolute atomic E-state index is 13.7. The number of aryl methyl sites for hydroxylation is 1. The number of carbonyl (C=O) groups excluding carboxylic acids is 1. The van der Waals surface area contributed by atoms with E-state index in [1.54, 1.807) is 31.6 Å². The Labute approximate surface area is 207 Å². The van der Waals surface area contributed by atoms with Crippen molar-refractivity contribution in [3.05, 3.63) is 90.1 Å². The summed E-state index contributed by atoms with van der Waals surface area (Å²) < 4.78 is 18.5. The lowest BCUT2D eigenvalue weighted by molar-refractivity contribution is -0.139. The van der Waals surface area contributed by atoms with E-state index in [0.717, 1.165) is 16.7 Å². The number of carbonyl (C=O) groups is 1. The molecule has 0 unspecified atom stereocenters. The quantitative estimate of drug-likeness (QED) is 0.472. The van der Waals surface area contributed by atoms with Crippen LogP contribution in [-0.4, -0.2) is 30.9 Å². The highest BCUT2D eigenvalue weighted by molar-refractivity contribution is 7.07. The average Bonchev–Trinajstić information content (AvgIpc) is 3.13. The molecule has 3 aromatic rings. The van der Waals surface area contributed by atoms with E-state index in [9.17, 15) is 9.59 Å². The van der Waals surface area contributed by atoms with Crippen LogP contribution in [-0.2, 0) is 9.53 Å². The number of thiazole rings is 1. The van der Waals surface area contributed by atoms with Crippen molar-refractivity contribution in [2.24, 2.45) is 4.99 Å². The van der Waals surface area contributed by atoms with E-state index in [4.69, 9.17) is 14.2 Å². The number of fused-ring (bicyclic) bond motifs is 1. The smallest absolute Gasteiger partial charge is 0.338 e. The number of hydrogen-bond donors (Lipinski definition) is 0. The molecule has 0 saturated carbocycles. The topological polar surface area (TPSA) is 79.1 Å². The van der Waals surface area contributed by atoms with Crippen LogP contribution in [0.3, 0.4) is 0 Å². The molecule has 0 radical (unpaired) electrons. The molecule has 2 heterocycles. The van der Waals surface area contributed by atoms with Gasteiger partial charge in [0.05, 0.1) is 42.2 Å². The predicted molar refractivity (Wildman–Crippen MR) is 136 cm³/mol. The number of esters is 1. The molecule has 0 aliphatic carbocycles. The van der Waals surface area contributed by atoms with Gasteiger partial charge in [0.1, 0.15) is 0 Å². The lowest BCUT2D eigenvalue weighted by Gasteiger charge is -2.24. The molecule has 0 spiro atoms. The number of ether oxygens (including phenoxy) is 3. The highest BCUT2D eigenvalue weighted by Crippen LogP contribution is 2.31. The van der Waals surface area contributed by atoms with Crippen molar-refractivity contribution in [2.45, 2.75) is 33.7 Å². The van der Waals surface area contributed by atoms with Crippen molar-refractivity contribution in [3.8, 4) is 11.5 Å². The van der Waals surface area contributed by atoms with Gasteiger partial charge in [0, 0.05) is 0 Å². The molecule has 0 bridgehead atoms. The normalized spacial score (nSPS) is 15.5. The summed E-state index contributed by atoms with van der Waals surface area (Å²) in [7, 11) is 1.59. The average molecular weight is 493 g/mol. The van der Waals surface area contributed by atoms with Crippen molar-refractivity contribution in [1.82, 2.24) is 4.57 Å². The van der Waals surface area contributed by atoms with E-state index in [-0.39, 0.29) is 12.2 Å². The van der Waals surface area contributed by atoms with Crippen LogP contribution in [0.4, 0.5) is 0 Å². The fourth-order valence-corrected chi connectivity index (χ4v) is 5.11. The van der Waals surface area contributed by atoms with Crippen LogP contribution in [0.15, 0.2) is 63.5 Å². The standard InChI is InChI=1S/C27H28N2O5S/c1-6-33-21-14-18(10-13-20(21)32-5)15-22-25(30)29-24(19-11-8-16(3)9-12-19)23(26(31)34-7-2)17(4)28-27(29)35-22/h8-15,24H,6-7H2,1-5H3/b22-15-/t24-/m1/s1. The van der Waals surface area contributed by atoms with Gasteiger partial charge in [-0.25, -0.2) is 9.79 Å². The summed E-state index contributed by atoms with van der Waals surface area (Å²) in [4.78, 5) is 31.8. The van der Waals surface area contributed by atoms with Crippen molar-refractivity contribution in [1.29, 1.82) is 0 Å². The Morgan fingerprint density at radius 3 is 2.49 bits per heavy atom. The molecule has 1 aromatic heterocycles. The minimum absolute atomic E-state index is 0.220. The molecule has 0 saturated heterocycles. The predicted octanol–water partition coefficient (Wildman–Crippen LogP) is 3.51. The monoisotopic (exact) mass is 492 g/mol. The first-order chi connectivity index (χ1) is 16.9. The van der Waals surface area contributed by atoms with Gasteiger partial charge in [-0.1, -0.05) is 47.2 Å². The zero-order valence-electron chi connectivity index (χ0n) is 20.5. The lowest BCUT2D eigenvalue weighted by Crippen LogP contribution is -2.39. The van der Waals surface area contributed by atoms with E-state index in [1.165, 1.54) is 11.3 Å². The SMILES string of the molecule is CCOC(=O)C1=C(C)N=c2s/c(=C\c3ccc(OC)c(OCC)c3)c(=O)n2[C@@H]1c1ccc(C)cc1. The van der Waals surface area contributed by atoms with E-state index in [1.807, 2.05) is 56.3 Å². The van der Waals surface area contributed by atoms with Gasteiger partial charge in [0.15, 0.2) is 16.3 Å². The van der Waals surface area contributed by atoms with Crippen molar-refractivity contribution in [3.63, 3.8) is 0 Å². The summed E-state index contributed by atoms with van der Waals surface area (Å²) in [6.07, 6.45) is 1.81. The highest BCUT2D eigenvalue weighted by Gasteiger charge is 2.33. The molecule has 1 aliphatic heterocycles. The number of hydrogen-bond acceptors (Lipinski definition) is 7. The van der Waals surface area contributed by atoms with Gasteiger partial charge >= 0.3 is 5.97 Å². The van der Waals surface area contributed by atoms with Gasteiger partial charge in [0.2, 0.25) is 0 Å². The third-order valence-electron chi connectivity index (χ3n) is 5.70. The second-order valence-corrected chi connectivity index (χ2v) is 9.07. The summed E-state index contributed by atoms with van der Waals surface area (Å²) in [5, 5.41) is 0. The molecule has 8 heteroatoms. The number of aromatic nitrogens is 1.